The zero-order chi connectivity index (χ0) is 12.5. The van der Waals surface area contributed by atoms with Gasteiger partial charge >= 0.3 is 0 Å². The minimum atomic E-state index is 0.400. The van der Waals surface area contributed by atoms with E-state index in [1.807, 2.05) is 17.9 Å². The Morgan fingerprint density at radius 2 is 2.18 bits per heavy atom. The standard InChI is InChI=1S/C13H22BrN3/c1-4-13(7-5-6-8-13)12(15-2)11-10(14)9-16-17(11)3/h9,12,15H,4-8H2,1-3H3. The fourth-order valence-electron chi connectivity index (χ4n) is 3.40. The van der Waals surface area contributed by atoms with Crippen LogP contribution in [0.15, 0.2) is 10.7 Å². The van der Waals surface area contributed by atoms with E-state index in [1.165, 1.54) is 37.8 Å². The van der Waals surface area contributed by atoms with Crippen molar-refractivity contribution in [2.45, 2.75) is 45.1 Å². The van der Waals surface area contributed by atoms with Crippen molar-refractivity contribution in [1.82, 2.24) is 15.1 Å². The fraction of sp³-hybridized carbons (Fsp3) is 0.769. The number of hydrogen-bond acceptors (Lipinski definition) is 2. The van der Waals surface area contributed by atoms with E-state index in [9.17, 15) is 0 Å². The van der Waals surface area contributed by atoms with Crippen LogP contribution in [-0.4, -0.2) is 16.8 Å². The first-order chi connectivity index (χ1) is 8.14. The van der Waals surface area contributed by atoms with Crippen molar-refractivity contribution in [1.29, 1.82) is 0 Å². The van der Waals surface area contributed by atoms with E-state index in [0.717, 1.165) is 4.47 Å². The summed E-state index contributed by atoms with van der Waals surface area (Å²) in [5.74, 6) is 0. The predicted octanol–water partition coefficient (Wildman–Crippen LogP) is 3.41. The minimum absolute atomic E-state index is 0.400. The largest absolute Gasteiger partial charge is 0.311 e. The van der Waals surface area contributed by atoms with Gasteiger partial charge in [-0.1, -0.05) is 19.8 Å². The molecular weight excluding hydrogens is 278 g/mol. The monoisotopic (exact) mass is 299 g/mol. The number of aromatic nitrogens is 2. The second kappa shape index (κ2) is 5.11. The molecule has 1 aliphatic rings. The molecular formula is C13H22BrN3. The summed E-state index contributed by atoms with van der Waals surface area (Å²) in [5, 5.41) is 7.88. The van der Waals surface area contributed by atoms with Gasteiger partial charge in [-0.2, -0.15) is 5.10 Å². The van der Waals surface area contributed by atoms with Crippen LogP contribution in [0.25, 0.3) is 0 Å². The van der Waals surface area contributed by atoms with Gasteiger partial charge in [0, 0.05) is 7.05 Å². The molecule has 1 aromatic rings. The van der Waals surface area contributed by atoms with Gasteiger partial charge in [-0.05, 0) is 47.7 Å². The van der Waals surface area contributed by atoms with Crippen molar-refractivity contribution in [3.05, 3.63) is 16.4 Å². The zero-order valence-electron chi connectivity index (χ0n) is 11.0. The lowest BCUT2D eigenvalue weighted by Gasteiger charge is -2.37. The lowest BCUT2D eigenvalue weighted by Crippen LogP contribution is -2.35. The third-order valence-electron chi connectivity index (χ3n) is 4.42. The summed E-state index contributed by atoms with van der Waals surface area (Å²) in [7, 11) is 4.10. The maximum absolute atomic E-state index is 4.35. The van der Waals surface area contributed by atoms with E-state index >= 15 is 0 Å². The molecule has 0 saturated heterocycles. The van der Waals surface area contributed by atoms with Crippen molar-refractivity contribution >= 4 is 15.9 Å². The van der Waals surface area contributed by atoms with E-state index in [1.54, 1.807) is 0 Å². The highest BCUT2D eigenvalue weighted by Gasteiger charge is 2.41. The SMILES string of the molecule is CCC1(C(NC)c2c(Br)cnn2C)CCCC1. The van der Waals surface area contributed by atoms with E-state index in [-0.39, 0.29) is 0 Å². The Morgan fingerprint density at radius 3 is 2.59 bits per heavy atom. The molecule has 2 rings (SSSR count). The van der Waals surface area contributed by atoms with Gasteiger partial charge in [0.05, 0.1) is 22.4 Å². The molecule has 3 nitrogen and oxygen atoms in total. The average molecular weight is 300 g/mol. The molecule has 1 atom stereocenters. The Balaban J connectivity index is 2.39. The maximum atomic E-state index is 4.35. The molecule has 0 aliphatic heterocycles. The van der Waals surface area contributed by atoms with Crippen LogP contribution in [-0.2, 0) is 7.05 Å². The van der Waals surface area contributed by atoms with Crippen LogP contribution < -0.4 is 5.32 Å². The van der Waals surface area contributed by atoms with Crippen molar-refractivity contribution in [3.63, 3.8) is 0 Å². The predicted molar refractivity (Wildman–Crippen MR) is 73.9 cm³/mol. The second-order valence-corrected chi connectivity index (χ2v) is 6.00. The van der Waals surface area contributed by atoms with Crippen LogP contribution in [0.1, 0.15) is 50.8 Å². The lowest BCUT2D eigenvalue weighted by atomic mass is 9.75. The lowest BCUT2D eigenvalue weighted by molar-refractivity contribution is 0.187. The molecule has 0 spiro atoms. The summed E-state index contributed by atoms with van der Waals surface area (Å²) >= 11 is 3.64. The molecule has 0 aromatic carbocycles. The second-order valence-electron chi connectivity index (χ2n) is 5.15. The van der Waals surface area contributed by atoms with Gasteiger partial charge < -0.3 is 5.32 Å². The van der Waals surface area contributed by atoms with Crippen LogP contribution >= 0.6 is 15.9 Å². The Hall–Kier alpha value is -0.350. The fourth-order valence-corrected chi connectivity index (χ4v) is 3.98. The first-order valence-electron chi connectivity index (χ1n) is 6.49. The van der Waals surface area contributed by atoms with Gasteiger partial charge in [0.1, 0.15) is 0 Å². The number of halogens is 1. The summed E-state index contributed by atoms with van der Waals surface area (Å²) < 4.78 is 3.13. The van der Waals surface area contributed by atoms with Crippen LogP contribution in [0.5, 0.6) is 0 Å². The molecule has 1 N–H and O–H groups in total. The molecule has 96 valence electrons. The van der Waals surface area contributed by atoms with Gasteiger partial charge in [-0.15, -0.1) is 0 Å². The average Bonchev–Trinajstić information content (AvgIpc) is 2.92. The summed E-state index contributed by atoms with van der Waals surface area (Å²) in [5.41, 5.74) is 1.70. The van der Waals surface area contributed by atoms with Gasteiger partial charge in [-0.25, -0.2) is 0 Å². The maximum Gasteiger partial charge on any atom is 0.0697 e. The number of nitrogens with zero attached hydrogens (tertiary/aromatic N) is 2. The van der Waals surface area contributed by atoms with Crippen molar-refractivity contribution in [2.75, 3.05) is 7.05 Å². The summed E-state index contributed by atoms with van der Waals surface area (Å²) in [6.07, 6.45) is 8.51. The molecule has 1 aliphatic carbocycles. The van der Waals surface area contributed by atoms with Crippen LogP contribution in [0, 0.1) is 5.41 Å². The normalized spacial score (nSPS) is 20.7. The van der Waals surface area contributed by atoms with Crippen molar-refractivity contribution < 1.29 is 0 Å². The highest BCUT2D eigenvalue weighted by molar-refractivity contribution is 9.10. The molecule has 17 heavy (non-hydrogen) atoms. The molecule has 0 radical (unpaired) electrons. The summed E-state index contributed by atoms with van der Waals surface area (Å²) in [6, 6.07) is 0.400. The van der Waals surface area contributed by atoms with Crippen molar-refractivity contribution in [2.24, 2.45) is 12.5 Å². The van der Waals surface area contributed by atoms with E-state index in [4.69, 9.17) is 0 Å². The molecule has 1 fully saturated rings. The molecule has 0 bridgehead atoms. The molecule has 1 saturated carbocycles. The number of aryl methyl sites for hydroxylation is 1. The Bertz CT molecular complexity index is 361. The quantitative estimate of drug-likeness (QED) is 0.923. The smallest absolute Gasteiger partial charge is 0.0697 e. The van der Waals surface area contributed by atoms with Crippen molar-refractivity contribution in [3.8, 4) is 0 Å². The van der Waals surface area contributed by atoms with E-state index in [2.05, 4.69) is 40.3 Å². The number of nitrogens with one attached hydrogen (secondary N) is 1. The Morgan fingerprint density at radius 1 is 1.53 bits per heavy atom. The molecule has 1 heterocycles. The highest BCUT2D eigenvalue weighted by Crippen LogP contribution is 2.50. The van der Waals surface area contributed by atoms with Crippen LogP contribution in [0.3, 0.4) is 0 Å². The molecule has 0 amide bonds. The van der Waals surface area contributed by atoms with E-state index < -0.39 is 0 Å². The minimum Gasteiger partial charge on any atom is -0.311 e. The van der Waals surface area contributed by atoms with Gasteiger partial charge in [0.25, 0.3) is 0 Å². The number of rotatable bonds is 4. The van der Waals surface area contributed by atoms with Gasteiger partial charge in [0.2, 0.25) is 0 Å². The molecule has 1 aromatic heterocycles. The van der Waals surface area contributed by atoms with Crippen LogP contribution in [0.2, 0.25) is 0 Å². The molecule has 1 unspecified atom stereocenters. The third-order valence-corrected chi connectivity index (χ3v) is 5.03. The Kier molecular flexibility index (Phi) is 3.93. The zero-order valence-corrected chi connectivity index (χ0v) is 12.5. The Labute approximate surface area is 112 Å². The highest BCUT2D eigenvalue weighted by atomic mass is 79.9. The van der Waals surface area contributed by atoms with Gasteiger partial charge in [0.15, 0.2) is 0 Å². The summed E-state index contributed by atoms with van der Waals surface area (Å²) in [4.78, 5) is 0. The third kappa shape index (κ3) is 2.17. The molecule has 4 heteroatoms. The summed E-state index contributed by atoms with van der Waals surface area (Å²) in [6.45, 7) is 2.32. The van der Waals surface area contributed by atoms with Crippen LogP contribution in [0.4, 0.5) is 0 Å². The van der Waals surface area contributed by atoms with Gasteiger partial charge in [-0.3, -0.25) is 4.68 Å². The van der Waals surface area contributed by atoms with E-state index in [0.29, 0.717) is 11.5 Å². The number of hydrogen-bond donors (Lipinski definition) is 1. The topological polar surface area (TPSA) is 29.9 Å². The first kappa shape index (κ1) is 13.1. The first-order valence-corrected chi connectivity index (χ1v) is 7.28.